The maximum absolute atomic E-state index is 13.1. The Hall–Kier alpha value is -3.87. The van der Waals surface area contributed by atoms with E-state index in [1.54, 1.807) is 17.0 Å². The van der Waals surface area contributed by atoms with E-state index in [1.807, 2.05) is 42.5 Å². The Balaban J connectivity index is 1.55. The highest BCUT2D eigenvalue weighted by atomic mass is 16.5. The molecule has 1 amide bonds. The maximum Gasteiger partial charge on any atom is 0.355 e. The fourth-order valence-corrected chi connectivity index (χ4v) is 3.41. The number of fused-ring (bicyclic) bond motifs is 1. The summed E-state index contributed by atoms with van der Waals surface area (Å²) >= 11 is 0. The first-order chi connectivity index (χ1) is 14.5. The topological polar surface area (TPSA) is 88.7 Å². The van der Waals surface area contributed by atoms with Crippen molar-refractivity contribution in [1.29, 1.82) is 0 Å². The van der Waals surface area contributed by atoms with Gasteiger partial charge in [0.2, 0.25) is 0 Å². The van der Waals surface area contributed by atoms with Crippen molar-refractivity contribution in [2.45, 2.75) is 13.0 Å². The smallest absolute Gasteiger partial charge is 0.355 e. The van der Waals surface area contributed by atoms with Gasteiger partial charge in [0, 0.05) is 11.8 Å². The Morgan fingerprint density at radius 3 is 2.57 bits per heavy atom. The Labute approximate surface area is 173 Å². The number of para-hydroxylation sites is 2. The first kappa shape index (κ1) is 19.4. The predicted molar refractivity (Wildman–Crippen MR) is 110 cm³/mol. The summed E-state index contributed by atoms with van der Waals surface area (Å²) in [4.78, 5) is 41.1. The standard InChI is InChI=1S/C23H20N2O5/c1-15(26)17-11-18(24-12-17)23(28)30-14-22(27)25-19-9-5-6-10-21(19)29-13-20(25)16-7-3-2-4-8-16/h2-12,20,24H,13-14H2,1H3/t20-/m1/s1. The normalized spacial score (nSPS) is 15.1. The summed E-state index contributed by atoms with van der Waals surface area (Å²) in [6, 6.07) is 17.9. The van der Waals surface area contributed by atoms with Crippen molar-refractivity contribution in [2.24, 2.45) is 0 Å². The molecule has 1 atom stereocenters. The molecule has 2 heterocycles. The molecule has 3 aromatic rings. The molecule has 0 fully saturated rings. The van der Waals surface area contributed by atoms with Crippen LogP contribution >= 0.6 is 0 Å². The number of aromatic nitrogens is 1. The Morgan fingerprint density at radius 1 is 1.10 bits per heavy atom. The predicted octanol–water partition coefficient (Wildman–Crippen LogP) is 3.54. The van der Waals surface area contributed by atoms with Crippen LogP contribution in [-0.4, -0.2) is 35.9 Å². The number of rotatable bonds is 5. The zero-order chi connectivity index (χ0) is 21.1. The highest BCUT2D eigenvalue weighted by molar-refractivity contribution is 6.00. The number of carbonyl (C=O) groups is 3. The van der Waals surface area contributed by atoms with Crippen molar-refractivity contribution in [3.8, 4) is 5.75 Å². The number of nitrogens with one attached hydrogen (secondary N) is 1. The molecule has 1 aromatic heterocycles. The van der Waals surface area contributed by atoms with Gasteiger partial charge in [-0.15, -0.1) is 0 Å². The summed E-state index contributed by atoms with van der Waals surface area (Å²) in [5.41, 5.74) is 2.04. The van der Waals surface area contributed by atoms with Crippen LogP contribution in [0.4, 0.5) is 5.69 Å². The van der Waals surface area contributed by atoms with E-state index in [0.29, 0.717) is 23.6 Å². The second-order valence-corrected chi connectivity index (χ2v) is 6.90. The number of H-pyrrole nitrogens is 1. The summed E-state index contributed by atoms with van der Waals surface area (Å²) in [6.07, 6.45) is 1.43. The third kappa shape index (κ3) is 3.82. The van der Waals surface area contributed by atoms with Crippen LogP contribution in [0.25, 0.3) is 0 Å². The van der Waals surface area contributed by atoms with Crippen molar-refractivity contribution in [3.63, 3.8) is 0 Å². The molecule has 2 aromatic carbocycles. The molecule has 1 N–H and O–H groups in total. The van der Waals surface area contributed by atoms with E-state index in [4.69, 9.17) is 9.47 Å². The summed E-state index contributed by atoms with van der Waals surface area (Å²) in [5, 5.41) is 0. The molecule has 7 nitrogen and oxygen atoms in total. The second kappa shape index (κ2) is 8.24. The Kier molecular flexibility index (Phi) is 5.34. The Morgan fingerprint density at radius 2 is 1.83 bits per heavy atom. The lowest BCUT2D eigenvalue weighted by Gasteiger charge is -2.37. The summed E-state index contributed by atoms with van der Waals surface area (Å²) in [7, 11) is 0. The molecule has 0 bridgehead atoms. The largest absolute Gasteiger partial charge is 0.489 e. The van der Waals surface area contributed by atoms with Gasteiger partial charge >= 0.3 is 5.97 Å². The average molecular weight is 404 g/mol. The summed E-state index contributed by atoms with van der Waals surface area (Å²) in [6.45, 7) is 1.26. The molecule has 0 unspecified atom stereocenters. The number of carbonyl (C=O) groups excluding carboxylic acids is 3. The van der Waals surface area contributed by atoms with E-state index in [0.717, 1.165) is 5.56 Å². The average Bonchev–Trinajstić information content (AvgIpc) is 3.28. The van der Waals surface area contributed by atoms with E-state index < -0.39 is 12.6 Å². The summed E-state index contributed by atoms with van der Waals surface area (Å²) in [5.74, 6) is -0.642. The molecule has 7 heteroatoms. The van der Waals surface area contributed by atoms with Crippen LogP contribution < -0.4 is 9.64 Å². The monoisotopic (exact) mass is 404 g/mol. The van der Waals surface area contributed by atoms with Gasteiger partial charge in [0.05, 0.1) is 11.7 Å². The fourth-order valence-electron chi connectivity index (χ4n) is 3.41. The molecule has 0 saturated heterocycles. The van der Waals surface area contributed by atoms with Crippen LogP contribution in [0, 0.1) is 0 Å². The quantitative estimate of drug-likeness (QED) is 0.519. The zero-order valence-electron chi connectivity index (χ0n) is 16.3. The third-order valence-electron chi connectivity index (χ3n) is 4.92. The van der Waals surface area contributed by atoms with Crippen LogP contribution in [0.2, 0.25) is 0 Å². The molecule has 152 valence electrons. The van der Waals surface area contributed by atoms with Gasteiger partial charge in [0.15, 0.2) is 12.4 Å². The molecular formula is C23H20N2O5. The van der Waals surface area contributed by atoms with Crippen LogP contribution in [-0.2, 0) is 9.53 Å². The van der Waals surface area contributed by atoms with Crippen molar-refractivity contribution >= 4 is 23.3 Å². The van der Waals surface area contributed by atoms with E-state index in [1.165, 1.54) is 19.2 Å². The molecule has 0 radical (unpaired) electrons. The van der Waals surface area contributed by atoms with Crippen molar-refractivity contribution in [1.82, 2.24) is 4.98 Å². The number of esters is 1. The van der Waals surface area contributed by atoms with Gasteiger partial charge < -0.3 is 14.5 Å². The van der Waals surface area contributed by atoms with E-state index >= 15 is 0 Å². The number of Topliss-reactive ketones (excluding diaryl/α,β-unsaturated/α-hetero) is 1. The van der Waals surface area contributed by atoms with E-state index in [9.17, 15) is 14.4 Å². The van der Waals surface area contributed by atoms with Crippen molar-refractivity contribution in [3.05, 3.63) is 83.7 Å². The van der Waals surface area contributed by atoms with Crippen LogP contribution in [0.1, 0.15) is 39.4 Å². The maximum atomic E-state index is 13.1. The molecule has 0 aliphatic carbocycles. The molecule has 1 aliphatic rings. The SMILES string of the molecule is CC(=O)c1c[nH]c(C(=O)OCC(=O)N2c3ccccc3OC[C@@H]2c2ccccc2)c1. The van der Waals surface area contributed by atoms with Gasteiger partial charge in [-0.1, -0.05) is 42.5 Å². The first-order valence-electron chi connectivity index (χ1n) is 9.50. The van der Waals surface area contributed by atoms with E-state index in [-0.39, 0.29) is 23.4 Å². The molecule has 0 saturated carbocycles. The minimum Gasteiger partial charge on any atom is -0.489 e. The Bertz CT molecular complexity index is 1090. The third-order valence-corrected chi connectivity index (χ3v) is 4.92. The lowest BCUT2D eigenvalue weighted by atomic mass is 10.0. The molecule has 4 rings (SSSR count). The highest BCUT2D eigenvalue weighted by Gasteiger charge is 2.33. The number of benzene rings is 2. The van der Waals surface area contributed by atoms with Crippen molar-refractivity contribution < 1.29 is 23.9 Å². The number of hydrogen-bond donors (Lipinski definition) is 1. The molecule has 0 spiro atoms. The number of ketones is 1. The zero-order valence-corrected chi connectivity index (χ0v) is 16.3. The highest BCUT2D eigenvalue weighted by Crippen LogP contribution is 2.39. The minimum atomic E-state index is -0.700. The lowest BCUT2D eigenvalue weighted by Crippen LogP contribution is -2.43. The van der Waals surface area contributed by atoms with Gasteiger partial charge in [-0.05, 0) is 30.7 Å². The number of nitrogens with zero attached hydrogens (tertiary/aromatic N) is 1. The van der Waals surface area contributed by atoms with Gasteiger partial charge in [-0.25, -0.2) is 4.79 Å². The number of anilines is 1. The van der Waals surface area contributed by atoms with Gasteiger partial charge in [-0.3, -0.25) is 14.5 Å². The summed E-state index contributed by atoms with van der Waals surface area (Å²) < 4.78 is 11.1. The lowest BCUT2D eigenvalue weighted by molar-refractivity contribution is -0.122. The number of amides is 1. The van der Waals surface area contributed by atoms with Gasteiger partial charge in [-0.2, -0.15) is 0 Å². The van der Waals surface area contributed by atoms with Gasteiger partial charge in [0.25, 0.3) is 5.91 Å². The second-order valence-electron chi connectivity index (χ2n) is 6.90. The number of hydrogen-bond acceptors (Lipinski definition) is 5. The van der Waals surface area contributed by atoms with Crippen LogP contribution in [0.3, 0.4) is 0 Å². The number of ether oxygens (including phenoxy) is 2. The fraction of sp³-hybridized carbons (Fsp3) is 0.174. The molecule has 1 aliphatic heterocycles. The number of aromatic amines is 1. The van der Waals surface area contributed by atoms with Crippen LogP contribution in [0.15, 0.2) is 66.9 Å². The van der Waals surface area contributed by atoms with E-state index in [2.05, 4.69) is 4.98 Å². The van der Waals surface area contributed by atoms with Crippen molar-refractivity contribution in [2.75, 3.05) is 18.1 Å². The van der Waals surface area contributed by atoms with Gasteiger partial charge in [0.1, 0.15) is 18.1 Å². The molecular weight excluding hydrogens is 384 g/mol. The first-order valence-corrected chi connectivity index (χ1v) is 9.50. The van der Waals surface area contributed by atoms with Crippen LogP contribution in [0.5, 0.6) is 5.75 Å². The minimum absolute atomic E-state index is 0.120. The molecule has 30 heavy (non-hydrogen) atoms.